The number of anilines is 3. The first kappa shape index (κ1) is 20.8. The van der Waals surface area contributed by atoms with Gasteiger partial charge in [0.25, 0.3) is 10.0 Å². The van der Waals surface area contributed by atoms with Crippen molar-refractivity contribution in [3.05, 3.63) is 83.4 Å². The first-order chi connectivity index (χ1) is 14.8. The molecule has 4 aromatic rings. The van der Waals surface area contributed by atoms with Crippen molar-refractivity contribution in [1.82, 2.24) is 9.97 Å². The molecular formula is C22H17ClN4O3S. The molecule has 0 atom stereocenters. The minimum Gasteiger partial charge on any atom is -0.337 e. The number of benzene rings is 3. The molecule has 0 aliphatic heterocycles. The third-order valence-electron chi connectivity index (χ3n) is 4.48. The molecule has 31 heavy (non-hydrogen) atoms. The number of aromatic nitrogens is 2. The first-order valence-corrected chi connectivity index (χ1v) is 11.1. The second kappa shape index (κ2) is 8.33. The van der Waals surface area contributed by atoms with Gasteiger partial charge in [-0.25, -0.2) is 18.4 Å². The Balaban J connectivity index is 1.74. The Kier molecular flexibility index (Phi) is 5.58. The second-order valence-corrected chi connectivity index (χ2v) is 8.85. The van der Waals surface area contributed by atoms with Crippen LogP contribution in [0.4, 0.5) is 17.3 Å². The fourth-order valence-corrected chi connectivity index (χ4v) is 4.02. The number of carbonyl (C=O) groups excluding carboxylic acids is 1. The van der Waals surface area contributed by atoms with Crippen LogP contribution in [0, 0.1) is 0 Å². The molecule has 0 radical (unpaired) electrons. The lowest BCUT2D eigenvalue weighted by Crippen LogP contribution is -2.16. The molecule has 0 aliphatic carbocycles. The number of hydrogen-bond donors (Lipinski definition) is 2. The third kappa shape index (κ3) is 4.65. The molecule has 4 rings (SSSR count). The number of hydrogen-bond acceptors (Lipinski definition) is 6. The van der Waals surface area contributed by atoms with Crippen molar-refractivity contribution in [3.8, 4) is 0 Å². The maximum atomic E-state index is 12.9. The number of fused-ring (bicyclic) bond motifs is 1. The zero-order chi connectivity index (χ0) is 22.0. The molecule has 0 fully saturated rings. The van der Waals surface area contributed by atoms with Gasteiger partial charge < -0.3 is 5.32 Å². The van der Waals surface area contributed by atoms with Crippen molar-refractivity contribution in [2.24, 2.45) is 0 Å². The fraction of sp³-hybridized carbons (Fsp3) is 0.0455. The molecule has 0 saturated carbocycles. The van der Waals surface area contributed by atoms with Gasteiger partial charge in [0.2, 0.25) is 0 Å². The van der Waals surface area contributed by atoms with Gasteiger partial charge in [0, 0.05) is 16.3 Å². The van der Waals surface area contributed by atoms with Crippen LogP contribution in [0.15, 0.2) is 77.7 Å². The zero-order valence-electron chi connectivity index (χ0n) is 16.3. The summed E-state index contributed by atoms with van der Waals surface area (Å²) < 4.78 is 28.3. The second-order valence-electron chi connectivity index (χ2n) is 6.73. The lowest BCUT2D eigenvalue weighted by atomic mass is 10.1. The molecule has 0 unspecified atom stereocenters. The van der Waals surface area contributed by atoms with Crippen molar-refractivity contribution < 1.29 is 13.2 Å². The molecule has 0 amide bonds. The van der Waals surface area contributed by atoms with Crippen LogP contribution >= 0.6 is 11.6 Å². The van der Waals surface area contributed by atoms with E-state index in [2.05, 4.69) is 20.0 Å². The summed E-state index contributed by atoms with van der Waals surface area (Å²) in [6.07, 6.45) is 0. The van der Waals surface area contributed by atoms with Gasteiger partial charge in [-0.2, -0.15) is 0 Å². The number of para-hydroxylation sites is 2. The number of rotatable bonds is 6. The van der Waals surface area contributed by atoms with Gasteiger partial charge in [-0.05, 0) is 67.6 Å². The van der Waals surface area contributed by atoms with Gasteiger partial charge in [0.15, 0.2) is 17.4 Å². The number of nitrogens with one attached hydrogen (secondary N) is 2. The summed E-state index contributed by atoms with van der Waals surface area (Å²) in [6.45, 7) is 1.49. The molecular weight excluding hydrogens is 436 g/mol. The monoisotopic (exact) mass is 452 g/mol. The third-order valence-corrected chi connectivity index (χ3v) is 6.09. The highest BCUT2D eigenvalue weighted by molar-refractivity contribution is 7.92. The summed E-state index contributed by atoms with van der Waals surface area (Å²) in [4.78, 5) is 20.5. The average molecular weight is 453 g/mol. The van der Waals surface area contributed by atoms with Crippen molar-refractivity contribution in [1.29, 1.82) is 0 Å². The predicted octanol–water partition coefficient (Wildman–Crippen LogP) is 5.03. The number of halogens is 1. The Morgan fingerprint density at radius 1 is 0.839 bits per heavy atom. The highest BCUT2D eigenvalue weighted by atomic mass is 35.5. The van der Waals surface area contributed by atoms with Crippen LogP contribution < -0.4 is 10.0 Å². The van der Waals surface area contributed by atoms with Gasteiger partial charge >= 0.3 is 0 Å². The van der Waals surface area contributed by atoms with Crippen molar-refractivity contribution in [2.75, 3.05) is 10.0 Å². The lowest BCUT2D eigenvalue weighted by molar-refractivity contribution is 0.101. The van der Waals surface area contributed by atoms with Crippen LogP contribution in [0.5, 0.6) is 0 Å². The van der Waals surface area contributed by atoms with E-state index < -0.39 is 10.0 Å². The normalized spacial score (nSPS) is 11.3. The molecule has 2 N–H and O–H groups in total. The summed E-state index contributed by atoms with van der Waals surface area (Å²) in [5.41, 5.74) is 2.33. The summed E-state index contributed by atoms with van der Waals surface area (Å²) in [5.74, 6) is 0.226. The van der Waals surface area contributed by atoms with E-state index in [1.807, 2.05) is 6.07 Å². The van der Waals surface area contributed by atoms with Crippen LogP contribution in [0.3, 0.4) is 0 Å². The highest BCUT2D eigenvalue weighted by Crippen LogP contribution is 2.27. The van der Waals surface area contributed by atoms with Crippen LogP contribution in [0.25, 0.3) is 11.0 Å². The largest absolute Gasteiger partial charge is 0.337 e. The van der Waals surface area contributed by atoms with Gasteiger partial charge in [0.05, 0.1) is 15.9 Å². The SMILES string of the molecule is CC(=O)c1ccc(Nc2nc3ccccc3nc2NS(=O)(=O)c2ccc(Cl)cc2)cc1. The summed E-state index contributed by atoms with van der Waals surface area (Å²) in [7, 11) is -3.93. The number of nitrogens with zero attached hydrogens (tertiary/aromatic N) is 2. The summed E-state index contributed by atoms with van der Waals surface area (Å²) in [5, 5.41) is 3.51. The summed E-state index contributed by atoms with van der Waals surface area (Å²) >= 11 is 5.86. The number of ketones is 1. The van der Waals surface area contributed by atoms with Crippen LogP contribution in [-0.4, -0.2) is 24.2 Å². The summed E-state index contributed by atoms with van der Waals surface area (Å²) in [6, 6.07) is 19.7. The number of sulfonamides is 1. The Hall–Kier alpha value is -3.49. The van der Waals surface area contributed by atoms with E-state index in [0.717, 1.165) is 0 Å². The maximum absolute atomic E-state index is 12.9. The Bertz CT molecular complexity index is 1370. The Labute approximate surface area is 184 Å². The van der Waals surface area contributed by atoms with Gasteiger partial charge in [-0.15, -0.1) is 0 Å². The van der Waals surface area contributed by atoms with Crippen molar-refractivity contribution in [2.45, 2.75) is 11.8 Å². The quantitative estimate of drug-likeness (QED) is 0.398. The molecule has 1 heterocycles. The maximum Gasteiger partial charge on any atom is 0.263 e. The number of carbonyl (C=O) groups is 1. The molecule has 0 bridgehead atoms. The van der Waals surface area contributed by atoms with E-state index in [0.29, 0.717) is 27.3 Å². The minimum absolute atomic E-state index is 0.0450. The molecule has 3 aromatic carbocycles. The zero-order valence-corrected chi connectivity index (χ0v) is 17.9. The average Bonchev–Trinajstić information content (AvgIpc) is 2.74. The molecule has 0 aliphatic rings. The molecule has 0 spiro atoms. The Morgan fingerprint density at radius 2 is 1.42 bits per heavy atom. The van der Waals surface area contributed by atoms with Gasteiger partial charge in [0.1, 0.15) is 0 Å². The van der Waals surface area contributed by atoms with E-state index in [1.165, 1.54) is 31.2 Å². The Morgan fingerprint density at radius 3 is 2.00 bits per heavy atom. The van der Waals surface area contributed by atoms with Crippen LogP contribution in [-0.2, 0) is 10.0 Å². The molecule has 1 aromatic heterocycles. The minimum atomic E-state index is -3.93. The highest BCUT2D eigenvalue weighted by Gasteiger charge is 2.19. The first-order valence-electron chi connectivity index (χ1n) is 9.25. The van der Waals surface area contributed by atoms with Crippen molar-refractivity contribution in [3.63, 3.8) is 0 Å². The predicted molar refractivity (Wildman–Crippen MR) is 122 cm³/mol. The van der Waals surface area contributed by atoms with E-state index >= 15 is 0 Å². The van der Waals surface area contributed by atoms with E-state index in [-0.39, 0.29) is 22.3 Å². The molecule has 0 saturated heterocycles. The topological polar surface area (TPSA) is 101 Å². The van der Waals surface area contributed by atoms with Crippen molar-refractivity contribution >= 4 is 55.8 Å². The lowest BCUT2D eigenvalue weighted by Gasteiger charge is -2.14. The van der Waals surface area contributed by atoms with Crippen LogP contribution in [0.2, 0.25) is 5.02 Å². The van der Waals surface area contributed by atoms with E-state index in [4.69, 9.17) is 11.6 Å². The van der Waals surface area contributed by atoms with Gasteiger partial charge in [-0.3, -0.25) is 9.52 Å². The van der Waals surface area contributed by atoms with Gasteiger partial charge in [-0.1, -0.05) is 23.7 Å². The standard InChI is InChI=1S/C22H17ClN4O3S/c1-14(28)15-6-10-17(11-7-15)24-21-22(26-20-5-3-2-4-19(20)25-21)27-31(29,30)18-12-8-16(23)9-13-18/h2-13H,1H3,(H,24,25)(H,26,27). The molecule has 7 nitrogen and oxygen atoms in total. The van der Waals surface area contributed by atoms with E-state index in [9.17, 15) is 13.2 Å². The fourth-order valence-electron chi connectivity index (χ4n) is 2.88. The van der Waals surface area contributed by atoms with Crippen LogP contribution in [0.1, 0.15) is 17.3 Å². The number of Topliss-reactive ketones (excluding diaryl/α,β-unsaturated/α-hetero) is 1. The molecule has 9 heteroatoms. The van der Waals surface area contributed by atoms with E-state index in [1.54, 1.807) is 42.5 Å². The molecule has 156 valence electrons. The smallest absolute Gasteiger partial charge is 0.263 e.